The number of hydrogen-bond donors (Lipinski definition) is 1. The highest BCUT2D eigenvalue weighted by Crippen LogP contribution is 2.10. The lowest BCUT2D eigenvalue weighted by atomic mass is 10.1. The van der Waals surface area contributed by atoms with Crippen LogP contribution in [-0.4, -0.2) is 29.7 Å². The summed E-state index contributed by atoms with van der Waals surface area (Å²) in [6.07, 6.45) is 0.905. The van der Waals surface area contributed by atoms with Gasteiger partial charge in [0.2, 0.25) is 0 Å². The summed E-state index contributed by atoms with van der Waals surface area (Å²) in [7, 11) is 0. The van der Waals surface area contributed by atoms with Crippen molar-refractivity contribution in [1.82, 2.24) is 5.06 Å². The van der Waals surface area contributed by atoms with E-state index in [9.17, 15) is 4.79 Å². The first-order valence-corrected chi connectivity index (χ1v) is 3.75. The number of carbonyl (C=O) groups is 1. The molecule has 0 saturated carbocycles. The maximum atomic E-state index is 11.3. The molecular formula is C7H14N2O2. The van der Waals surface area contributed by atoms with E-state index < -0.39 is 5.54 Å². The molecule has 0 radical (unpaired) electrons. The fraction of sp³-hybridized carbons (Fsp3) is 0.857. The molecule has 1 aliphatic heterocycles. The number of carbonyl (C=O) groups excluding carboxylic acids is 1. The average Bonchev–Trinajstić information content (AvgIpc) is 2.34. The lowest BCUT2D eigenvalue weighted by Crippen LogP contribution is -2.49. The first-order chi connectivity index (χ1) is 5.02. The molecule has 64 valence electrons. The zero-order valence-corrected chi connectivity index (χ0v) is 6.96. The van der Waals surface area contributed by atoms with E-state index in [1.54, 1.807) is 13.8 Å². The minimum Gasteiger partial charge on any atom is -0.318 e. The van der Waals surface area contributed by atoms with Gasteiger partial charge < -0.3 is 5.73 Å². The van der Waals surface area contributed by atoms with Gasteiger partial charge in [-0.25, -0.2) is 5.06 Å². The molecular weight excluding hydrogens is 144 g/mol. The maximum absolute atomic E-state index is 11.3. The van der Waals surface area contributed by atoms with Gasteiger partial charge in [0.1, 0.15) is 0 Å². The highest BCUT2D eigenvalue weighted by Gasteiger charge is 2.30. The van der Waals surface area contributed by atoms with E-state index in [0.717, 1.165) is 6.42 Å². The average molecular weight is 158 g/mol. The Morgan fingerprint density at radius 2 is 2.27 bits per heavy atom. The van der Waals surface area contributed by atoms with E-state index in [2.05, 4.69) is 0 Å². The molecule has 2 N–H and O–H groups in total. The van der Waals surface area contributed by atoms with Crippen molar-refractivity contribution in [2.75, 3.05) is 13.2 Å². The van der Waals surface area contributed by atoms with Crippen LogP contribution in [0, 0.1) is 0 Å². The van der Waals surface area contributed by atoms with Crippen LogP contribution in [-0.2, 0) is 9.63 Å². The van der Waals surface area contributed by atoms with Gasteiger partial charge in [-0.05, 0) is 20.3 Å². The molecule has 1 saturated heterocycles. The van der Waals surface area contributed by atoms with Crippen molar-refractivity contribution < 1.29 is 9.63 Å². The smallest absolute Gasteiger partial charge is 0.265 e. The third-order valence-corrected chi connectivity index (χ3v) is 1.53. The summed E-state index contributed by atoms with van der Waals surface area (Å²) in [4.78, 5) is 16.4. The third-order valence-electron chi connectivity index (χ3n) is 1.53. The Bertz CT molecular complexity index is 156. The predicted molar refractivity (Wildman–Crippen MR) is 40.5 cm³/mol. The van der Waals surface area contributed by atoms with Crippen LogP contribution in [0.3, 0.4) is 0 Å². The standard InChI is InChI=1S/C7H14N2O2/c1-7(2,8)6(10)9-4-3-5-11-9/h3-5,8H2,1-2H3. The third kappa shape index (κ3) is 1.91. The van der Waals surface area contributed by atoms with Gasteiger partial charge >= 0.3 is 0 Å². The number of rotatable bonds is 1. The van der Waals surface area contributed by atoms with E-state index in [-0.39, 0.29) is 5.91 Å². The summed E-state index contributed by atoms with van der Waals surface area (Å²) < 4.78 is 0. The van der Waals surface area contributed by atoms with Gasteiger partial charge in [-0.1, -0.05) is 0 Å². The lowest BCUT2D eigenvalue weighted by molar-refractivity contribution is -0.173. The number of amides is 1. The van der Waals surface area contributed by atoms with E-state index in [1.165, 1.54) is 5.06 Å². The van der Waals surface area contributed by atoms with Crippen molar-refractivity contribution in [2.24, 2.45) is 5.73 Å². The molecule has 0 spiro atoms. The molecule has 1 heterocycles. The van der Waals surface area contributed by atoms with Gasteiger partial charge in [-0.2, -0.15) is 0 Å². The van der Waals surface area contributed by atoms with E-state index >= 15 is 0 Å². The quantitative estimate of drug-likeness (QED) is 0.579. The second kappa shape index (κ2) is 2.79. The minimum absolute atomic E-state index is 0.144. The molecule has 4 nitrogen and oxygen atoms in total. The summed E-state index contributed by atoms with van der Waals surface area (Å²) >= 11 is 0. The molecule has 0 unspecified atom stereocenters. The fourth-order valence-corrected chi connectivity index (χ4v) is 0.929. The van der Waals surface area contributed by atoms with Crippen molar-refractivity contribution in [3.63, 3.8) is 0 Å². The Kier molecular flexibility index (Phi) is 2.15. The molecule has 1 aliphatic rings. The van der Waals surface area contributed by atoms with Gasteiger partial charge in [0.15, 0.2) is 0 Å². The fourth-order valence-electron chi connectivity index (χ4n) is 0.929. The second-order valence-electron chi connectivity index (χ2n) is 3.32. The van der Waals surface area contributed by atoms with Crippen molar-refractivity contribution in [2.45, 2.75) is 25.8 Å². The Hall–Kier alpha value is -0.610. The van der Waals surface area contributed by atoms with Crippen LogP contribution in [0.2, 0.25) is 0 Å². The van der Waals surface area contributed by atoms with Crippen molar-refractivity contribution >= 4 is 5.91 Å². The second-order valence-corrected chi connectivity index (χ2v) is 3.32. The molecule has 1 fully saturated rings. The van der Waals surface area contributed by atoms with Gasteiger partial charge in [-0.15, -0.1) is 0 Å². The summed E-state index contributed by atoms with van der Waals surface area (Å²) in [5, 5.41) is 1.35. The topological polar surface area (TPSA) is 55.6 Å². The summed E-state index contributed by atoms with van der Waals surface area (Å²) in [5.74, 6) is -0.144. The molecule has 4 heteroatoms. The molecule has 1 rings (SSSR count). The van der Waals surface area contributed by atoms with E-state index in [0.29, 0.717) is 13.2 Å². The highest BCUT2D eigenvalue weighted by atomic mass is 16.7. The minimum atomic E-state index is -0.815. The molecule has 0 aliphatic carbocycles. The van der Waals surface area contributed by atoms with Gasteiger partial charge in [0, 0.05) is 0 Å². The predicted octanol–water partition coefficient (Wildman–Crippen LogP) is -0.112. The Labute approximate surface area is 66.3 Å². The van der Waals surface area contributed by atoms with E-state index in [4.69, 9.17) is 10.6 Å². The molecule has 0 atom stereocenters. The number of nitrogens with two attached hydrogens (primary N) is 1. The maximum Gasteiger partial charge on any atom is 0.265 e. The van der Waals surface area contributed by atoms with Crippen molar-refractivity contribution in [3.05, 3.63) is 0 Å². The number of hydrogen-bond acceptors (Lipinski definition) is 3. The number of hydroxylamine groups is 2. The van der Waals surface area contributed by atoms with Crippen LogP contribution in [0.5, 0.6) is 0 Å². The van der Waals surface area contributed by atoms with Crippen LogP contribution in [0.15, 0.2) is 0 Å². The van der Waals surface area contributed by atoms with Gasteiger partial charge in [-0.3, -0.25) is 9.63 Å². The van der Waals surface area contributed by atoms with Crippen LogP contribution in [0.4, 0.5) is 0 Å². The zero-order valence-electron chi connectivity index (χ0n) is 6.96. The lowest BCUT2D eigenvalue weighted by Gasteiger charge is -2.23. The van der Waals surface area contributed by atoms with Crippen LogP contribution < -0.4 is 5.73 Å². The van der Waals surface area contributed by atoms with Crippen LogP contribution >= 0.6 is 0 Å². The molecule has 0 aromatic carbocycles. The highest BCUT2D eigenvalue weighted by molar-refractivity contribution is 5.84. The van der Waals surface area contributed by atoms with Crippen molar-refractivity contribution in [1.29, 1.82) is 0 Å². The Balaban J connectivity index is 2.53. The summed E-state index contributed by atoms with van der Waals surface area (Å²) in [5.41, 5.74) is 4.77. The Morgan fingerprint density at radius 1 is 1.64 bits per heavy atom. The van der Waals surface area contributed by atoms with Crippen LogP contribution in [0.1, 0.15) is 20.3 Å². The molecule has 1 amide bonds. The first-order valence-electron chi connectivity index (χ1n) is 3.75. The summed E-state index contributed by atoms with van der Waals surface area (Å²) in [6, 6.07) is 0. The van der Waals surface area contributed by atoms with Gasteiger partial charge in [0.25, 0.3) is 5.91 Å². The monoisotopic (exact) mass is 158 g/mol. The largest absolute Gasteiger partial charge is 0.318 e. The number of nitrogens with zero attached hydrogens (tertiary/aromatic N) is 1. The molecule has 0 aromatic heterocycles. The molecule has 11 heavy (non-hydrogen) atoms. The Morgan fingerprint density at radius 3 is 2.64 bits per heavy atom. The summed E-state index contributed by atoms with van der Waals surface area (Å²) in [6.45, 7) is 4.65. The van der Waals surface area contributed by atoms with Crippen molar-refractivity contribution in [3.8, 4) is 0 Å². The molecule has 0 aromatic rings. The first kappa shape index (κ1) is 8.49. The molecule has 0 bridgehead atoms. The zero-order chi connectivity index (χ0) is 8.48. The van der Waals surface area contributed by atoms with Crippen LogP contribution in [0.25, 0.3) is 0 Å². The van der Waals surface area contributed by atoms with E-state index in [1.807, 2.05) is 0 Å². The SMILES string of the molecule is CC(C)(N)C(=O)N1CCCO1. The normalized spacial score (nSPS) is 19.0. The van der Waals surface area contributed by atoms with Gasteiger partial charge in [0.05, 0.1) is 18.7 Å².